The van der Waals surface area contributed by atoms with E-state index in [1.807, 2.05) is 0 Å². The normalized spacial score (nSPS) is 13.4. The maximum Gasteiger partial charge on any atom is 0.258 e. The summed E-state index contributed by atoms with van der Waals surface area (Å²) in [4.78, 5) is 13.6. The minimum atomic E-state index is -0.965. The van der Waals surface area contributed by atoms with Crippen LogP contribution in [0.3, 0.4) is 0 Å². The maximum atomic E-state index is 13.2. The zero-order valence-electron chi connectivity index (χ0n) is 10.7. The van der Waals surface area contributed by atoms with E-state index in [-0.39, 0.29) is 18.7 Å². The van der Waals surface area contributed by atoms with Gasteiger partial charge in [0, 0.05) is 19.2 Å². The van der Waals surface area contributed by atoms with E-state index in [2.05, 4.69) is 0 Å². The number of phenolic OH excluding ortho intramolecular Hbond substituents is 1. The Labute approximate surface area is 118 Å². The Kier molecular flexibility index (Phi) is 3.08. The van der Waals surface area contributed by atoms with Gasteiger partial charge in [0.1, 0.15) is 11.6 Å². The van der Waals surface area contributed by atoms with E-state index in [9.17, 15) is 23.1 Å². The van der Waals surface area contributed by atoms with Crippen molar-refractivity contribution < 1.29 is 23.1 Å². The lowest BCUT2D eigenvalue weighted by Gasteiger charge is -2.16. The fraction of sp³-hybridized carbons (Fsp3) is 0.133. The lowest BCUT2D eigenvalue weighted by molar-refractivity contribution is 0.0748. The van der Waals surface area contributed by atoms with Crippen LogP contribution in [0.1, 0.15) is 21.5 Å². The fourth-order valence-electron chi connectivity index (χ4n) is 2.39. The average Bonchev–Trinajstić information content (AvgIpc) is 2.81. The highest BCUT2D eigenvalue weighted by atomic mass is 19.2. The minimum absolute atomic E-state index is 0.0508. The van der Waals surface area contributed by atoms with Gasteiger partial charge < -0.3 is 10.0 Å². The number of aromatic hydroxyl groups is 1. The van der Waals surface area contributed by atoms with Crippen LogP contribution < -0.4 is 0 Å². The number of amides is 1. The van der Waals surface area contributed by atoms with Gasteiger partial charge in [-0.15, -0.1) is 0 Å². The van der Waals surface area contributed by atoms with Gasteiger partial charge in [-0.1, -0.05) is 0 Å². The Balaban J connectivity index is 1.88. The number of phenols is 1. The van der Waals surface area contributed by atoms with Crippen LogP contribution in [0, 0.1) is 17.5 Å². The molecule has 3 rings (SSSR count). The first-order valence-electron chi connectivity index (χ1n) is 6.20. The zero-order chi connectivity index (χ0) is 15.1. The first-order chi connectivity index (χ1) is 9.95. The molecule has 108 valence electrons. The van der Waals surface area contributed by atoms with E-state index in [1.165, 1.54) is 11.0 Å². The standard InChI is InChI=1S/C15H10F3NO2/c16-10-1-2-11(14(20)5-10)15(21)19-6-8-3-12(17)13(18)4-9(8)7-19/h1-5,20H,6-7H2. The molecular weight excluding hydrogens is 283 g/mol. The molecule has 1 heterocycles. The second-order valence-electron chi connectivity index (χ2n) is 4.86. The topological polar surface area (TPSA) is 40.5 Å². The van der Waals surface area contributed by atoms with Gasteiger partial charge in [0.25, 0.3) is 5.91 Å². The summed E-state index contributed by atoms with van der Waals surface area (Å²) >= 11 is 0. The molecule has 3 nitrogen and oxygen atoms in total. The van der Waals surface area contributed by atoms with Gasteiger partial charge in [-0.2, -0.15) is 0 Å². The molecule has 0 saturated heterocycles. The minimum Gasteiger partial charge on any atom is -0.507 e. The third-order valence-corrected chi connectivity index (χ3v) is 3.44. The summed E-state index contributed by atoms with van der Waals surface area (Å²) in [5.74, 6) is -3.57. The van der Waals surface area contributed by atoms with Crippen molar-refractivity contribution in [3.05, 3.63) is 64.5 Å². The van der Waals surface area contributed by atoms with Crippen LogP contribution in [0.15, 0.2) is 30.3 Å². The van der Waals surface area contributed by atoms with E-state index in [0.717, 1.165) is 24.3 Å². The Hall–Kier alpha value is -2.50. The van der Waals surface area contributed by atoms with Gasteiger partial charge in [0.05, 0.1) is 5.56 Å². The monoisotopic (exact) mass is 293 g/mol. The average molecular weight is 293 g/mol. The predicted molar refractivity (Wildman–Crippen MR) is 68.0 cm³/mol. The summed E-state index contributed by atoms with van der Waals surface area (Å²) in [6.07, 6.45) is 0. The van der Waals surface area contributed by atoms with Gasteiger partial charge in [-0.25, -0.2) is 13.2 Å². The van der Waals surface area contributed by atoms with Crippen molar-refractivity contribution >= 4 is 5.91 Å². The highest BCUT2D eigenvalue weighted by Crippen LogP contribution is 2.28. The van der Waals surface area contributed by atoms with E-state index in [4.69, 9.17) is 0 Å². The van der Waals surface area contributed by atoms with E-state index >= 15 is 0 Å². The number of halogens is 3. The second-order valence-corrected chi connectivity index (χ2v) is 4.86. The van der Waals surface area contributed by atoms with Crippen LogP contribution in [-0.2, 0) is 13.1 Å². The molecule has 21 heavy (non-hydrogen) atoms. The lowest BCUT2D eigenvalue weighted by Crippen LogP contribution is -2.25. The highest BCUT2D eigenvalue weighted by Gasteiger charge is 2.27. The molecule has 0 radical (unpaired) electrons. The third kappa shape index (κ3) is 2.33. The first kappa shape index (κ1) is 13.5. The molecule has 0 fully saturated rings. The molecule has 1 aliphatic rings. The molecule has 0 saturated carbocycles. The largest absolute Gasteiger partial charge is 0.507 e. The smallest absolute Gasteiger partial charge is 0.258 e. The molecule has 0 aliphatic carbocycles. The number of rotatable bonds is 1. The van der Waals surface area contributed by atoms with Crippen LogP contribution >= 0.6 is 0 Å². The molecule has 0 unspecified atom stereocenters. The van der Waals surface area contributed by atoms with Crippen LogP contribution in [0.5, 0.6) is 5.75 Å². The van der Waals surface area contributed by atoms with E-state index in [1.54, 1.807) is 0 Å². The highest BCUT2D eigenvalue weighted by molar-refractivity contribution is 5.97. The second kappa shape index (κ2) is 4.80. The number of carbonyl (C=O) groups is 1. The Morgan fingerprint density at radius 1 is 1.00 bits per heavy atom. The van der Waals surface area contributed by atoms with Gasteiger partial charge in [0.2, 0.25) is 0 Å². The number of benzene rings is 2. The summed E-state index contributed by atoms with van der Waals surface area (Å²) < 4.78 is 39.3. The number of carbonyl (C=O) groups excluding carboxylic acids is 1. The van der Waals surface area contributed by atoms with Gasteiger partial charge in [-0.3, -0.25) is 4.79 Å². The quantitative estimate of drug-likeness (QED) is 0.878. The molecule has 0 aromatic heterocycles. The van der Waals surface area contributed by atoms with Crippen molar-refractivity contribution in [2.45, 2.75) is 13.1 Å². The maximum absolute atomic E-state index is 13.2. The number of nitrogens with zero attached hydrogens (tertiary/aromatic N) is 1. The Bertz CT molecular complexity index is 715. The molecule has 0 bridgehead atoms. The van der Waals surface area contributed by atoms with Crippen LogP contribution in [0.25, 0.3) is 0 Å². The summed E-state index contributed by atoms with van der Waals surface area (Å²) in [5, 5.41) is 9.62. The summed E-state index contributed by atoms with van der Waals surface area (Å²) in [6.45, 7) is 0.227. The van der Waals surface area contributed by atoms with Crippen molar-refractivity contribution in [1.29, 1.82) is 0 Å². The number of fused-ring (bicyclic) bond motifs is 1. The number of hydrogen-bond acceptors (Lipinski definition) is 2. The van der Waals surface area contributed by atoms with Crippen LogP contribution in [0.2, 0.25) is 0 Å². The van der Waals surface area contributed by atoms with E-state index in [0.29, 0.717) is 11.1 Å². The molecule has 2 aromatic rings. The van der Waals surface area contributed by atoms with Gasteiger partial charge in [0.15, 0.2) is 11.6 Å². The molecule has 1 aliphatic heterocycles. The van der Waals surface area contributed by atoms with Crippen molar-refractivity contribution in [2.24, 2.45) is 0 Å². The molecular formula is C15H10F3NO2. The first-order valence-corrected chi connectivity index (χ1v) is 6.20. The zero-order valence-corrected chi connectivity index (χ0v) is 10.7. The van der Waals surface area contributed by atoms with Crippen LogP contribution in [0.4, 0.5) is 13.2 Å². The van der Waals surface area contributed by atoms with Crippen molar-refractivity contribution in [2.75, 3.05) is 0 Å². The summed E-state index contributed by atoms with van der Waals surface area (Å²) in [6, 6.07) is 5.20. The Morgan fingerprint density at radius 3 is 2.10 bits per heavy atom. The SMILES string of the molecule is O=C(c1ccc(F)cc1O)N1Cc2cc(F)c(F)cc2C1. The van der Waals surface area contributed by atoms with Crippen molar-refractivity contribution in [3.8, 4) is 5.75 Å². The van der Waals surface area contributed by atoms with Crippen molar-refractivity contribution in [1.82, 2.24) is 4.90 Å². The summed E-state index contributed by atoms with van der Waals surface area (Å²) in [5.41, 5.74) is 0.984. The molecule has 1 N–H and O–H groups in total. The van der Waals surface area contributed by atoms with Crippen LogP contribution in [-0.4, -0.2) is 15.9 Å². The molecule has 6 heteroatoms. The Morgan fingerprint density at radius 2 is 1.57 bits per heavy atom. The fourth-order valence-corrected chi connectivity index (χ4v) is 2.39. The molecule has 0 spiro atoms. The summed E-state index contributed by atoms with van der Waals surface area (Å²) in [7, 11) is 0. The molecule has 0 atom stereocenters. The van der Waals surface area contributed by atoms with Gasteiger partial charge in [-0.05, 0) is 35.4 Å². The van der Waals surface area contributed by atoms with E-state index < -0.39 is 29.1 Å². The van der Waals surface area contributed by atoms with Gasteiger partial charge >= 0.3 is 0 Å². The third-order valence-electron chi connectivity index (χ3n) is 3.44. The number of hydrogen-bond donors (Lipinski definition) is 1. The predicted octanol–water partition coefficient (Wildman–Crippen LogP) is 2.97. The lowest BCUT2D eigenvalue weighted by atomic mass is 10.1. The van der Waals surface area contributed by atoms with Crippen molar-refractivity contribution in [3.63, 3.8) is 0 Å². The molecule has 1 amide bonds. The molecule has 2 aromatic carbocycles.